The Morgan fingerprint density at radius 2 is 2.14 bits per heavy atom. The SMILES string of the molecule is CCC(CO)(CCCN(C)CC1CCN(C)C1)NC(C)C. The Balaban J connectivity index is 2.29. The first kappa shape index (κ1) is 18.9. The number of hydrogen-bond acceptors (Lipinski definition) is 4. The Bertz CT molecular complexity index is 279. The van der Waals surface area contributed by atoms with Crippen molar-refractivity contribution in [2.24, 2.45) is 5.92 Å². The molecule has 0 aromatic heterocycles. The number of rotatable bonds is 10. The maximum absolute atomic E-state index is 9.77. The second-order valence-corrected chi connectivity index (χ2v) is 7.37. The molecule has 2 N–H and O–H groups in total. The molecule has 0 spiro atoms. The molecule has 0 radical (unpaired) electrons. The van der Waals surface area contributed by atoms with Crippen LogP contribution < -0.4 is 5.32 Å². The zero-order chi connectivity index (χ0) is 15.9. The van der Waals surface area contributed by atoms with Crippen molar-refractivity contribution < 1.29 is 5.11 Å². The summed E-state index contributed by atoms with van der Waals surface area (Å²) in [4.78, 5) is 4.90. The second kappa shape index (κ2) is 9.09. The van der Waals surface area contributed by atoms with Crippen LogP contribution in [0.3, 0.4) is 0 Å². The van der Waals surface area contributed by atoms with Crippen LogP contribution in [0.4, 0.5) is 0 Å². The maximum atomic E-state index is 9.77. The van der Waals surface area contributed by atoms with Gasteiger partial charge in [-0.25, -0.2) is 0 Å². The third-order valence-electron chi connectivity index (χ3n) is 4.83. The summed E-state index contributed by atoms with van der Waals surface area (Å²) in [6.45, 7) is 11.5. The summed E-state index contributed by atoms with van der Waals surface area (Å²) in [5.74, 6) is 0.836. The smallest absolute Gasteiger partial charge is 0.0613 e. The predicted octanol–water partition coefficient (Wildman–Crippen LogP) is 1.79. The van der Waals surface area contributed by atoms with Crippen LogP contribution >= 0.6 is 0 Å². The van der Waals surface area contributed by atoms with Crippen molar-refractivity contribution in [3.05, 3.63) is 0 Å². The molecule has 0 aliphatic carbocycles. The summed E-state index contributed by atoms with van der Waals surface area (Å²) in [6, 6.07) is 0.420. The van der Waals surface area contributed by atoms with Crippen molar-refractivity contribution in [3.8, 4) is 0 Å². The van der Waals surface area contributed by atoms with Crippen LogP contribution in [0.25, 0.3) is 0 Å². The van der Waals surface area contributed by atoms with Gasteiger partial charge in [0.25, 0.3) is 0 Å². The van der Waals surface area contributed by atoms with Gasteiger partial charge in [0.15, 0.2) is 0 Å². The molecule has 0 amide bonds. The summed E-state index contributed by atoms with van der Waals surface area (Å²) in [7, 11) is 4.45. The molecule has 0 aromatic rings. The lowest BCUT2D eigenvalue weighted by Crippen LogP contribution is -2.51. The van der Waals surface area contributed by atoms with Crippen LogP contribution in [0, 0.1) is 5.92 Å². The van der Waals surface area contributed by atoms with E-state index in [9.17, 15) is 5.11 Å². The molecule has 1 saturated heterocycles. The van der Waals surface area contributed by atoms with Crippen LogP contribution in [0.1, 0.15) is 46.5 Å². The van der Waals surface area contributed by atoms with Gasteiger partial charge in [-0.2, -0.15) is 0 Å². The molecule has 2 atom stereocenters. The van der Waals surface area contributed by atoms with Crippen LogP contribution in [-0.4, -0.2) is 73.4 Å². The van der Waals surface area contributed by atoms with Crippen molar-refractivity contribution in [3.63, 3.8) is 0 Å². The quantitative estimate of drug-likeness (QED) is 0.645. The first-order valence-electron chi connectivity index (χ1n) is 8.66. The van der Waals surface area contributed by atoms with Gasteiger partial charge >= 0.3 is 0 Å². The fraction of sp³-hybridized carbons (Fsp3) is 1.00. The number of nitrogens with one attached hydrogen (secondary N) is 1. The molecule has 1 rings (SSSR count). The van der Waals surface area contributed by atoms with Gasteiger partial charge in [0.05, 0.1) is 6.61 Å². The van der Waals surface area contributed by atoms with Gasteiger partial charge in [-0.15, -0.1) is 0 Å². The van der Waals surface area contributed by atoms with Crippen LogP contribution in [0.2, 0.25) is 0 Å². The lowest BCUT2D eigenvalue weighted by molar-refractivity contribution is 0.130. The minimum atomic E-state index is -0.0947. The van der Waals surface area contributed by atoms with Crippen molar-refractivity contribution in [1.29, 1.82) is 0 Å². The maximum Gasteiger partial charge on any atom is 0.0613 e. The number of hydrogen-bond donors (Lipinski definition) is 2. The van der Waals surface area contributed by atoms with Gasteiger partial charge in [0.1, 0.15) is 0 Å². The van der Waals surface area contributed by atoms with E-state index in [1.54, 1.807) is 0 Å². The minimum absolute atomic E-state index is 0.0947. The third-order valence-corrected chi connectivity index (χ3v) is 4.83. The van der Waals surface area contributed by atoms with E-state index in [2.05, 4.69) is 50.0 Å². The molecular formula is C17H37N3O. The highest BCUT2D eigenvalue weighted by atomic mass is 16.3. The minimum Gasteiger partial charge on any atom is -0.394 e. The number of nitrogens with zero attached hydrogens (tertiary/aromatic N) is 2. The topological polar surface area (TPSA) is 38.7 Å². The molecule has 4 nitrogen and oxygen atoms in total. The molecule has 0 saturated carbocycles. The molecule has 1 fully saturated rings. The van der Waals surface area contributed by atoms with E-state index in [-0.39, 0.29) is 12.1 Å². The van der Waals surface area contributed by atoms with Crippen molar-refractivity contribution in [2.45, 2.75) is 58.0 Å². The molecule has 21 heavy (non-hydrogen) atoms. The van der Waals surface area contributed by atoms with Crippen molar-refractivity contribution in [2.75, 3.05) is 46.9 Å². The Morgan fingerprint density at radius 3 is 2.62 bits per heavy atom. The van der Waals surface area contributed by atoms with E-state index >= 15 is 0 Å². The first-order valence-corrected chi connectivity index (χ1v) is 8.66. The number of aliphatic hydroxyl groups is 1. The van der Waals surface area contributed by atoms with Gasteiger partial charge in [0.2, 0.25) is 0 Å². The van der Waals surface area contributed by atoms with Crippen molar-refractivity contribution >= 4 is 0 Å². The third kappa shape index (κ3) is 6.64. The molecule has 126 valence electrons. The second-order valence-electron chi connectivity index (χ2n) is 7.37. The summed E-state index contributed by atoms with van der Waals surface area (Å²) in [6.07, 6.45) is 4.52. The molecule has 0 aromatic carbocycles. The lowest BCUT2D eigenvalue weighted by Gasteiger charge is -2.35. The lowest BCUT2D eigenvalue weighted by atomic mass is 9.90. The fourth-order valence-electron chi connectivity index (χ4n) is 3.59. The molecule has 1 aliphatic heterocycles. The highest BCUT2D eigenvalue weighted by Crippen LogP contribution is 2.19. The first-order chi connectivity index (χ1) is 9.90. The highest BCUT2D eigenvalue weighted by molar-refractivity contribution is 4.87. The Hall–Kier alpha value is -0.160. The Labute approximate surface area is 131 Å². The van der Waals surface area contributed by atoms with Crippen LogP contribution in [0.5, 0.6) is 0 Å². The van der Waals surface area contributed by atoms with Gasteiger partial charge < -0.3 is 20.2 Å². The summed E-state index contributed by atoms with van der Waals surface area (Å²) in [5.41, 5.74) is -0.0947. The molecular weight excluding hydrogens is 262 g/mol. The normalized spacial score (nSPS) is 23.1. The number of likely N-dealkylation sites (tertiary alicyclic amines) is 1. The van der Waals surface area contributed by atoms with Gasteiger partial charge in [-0.3, -0.25) is 0 Å². The molecule has 1 heterocycles. The average molecular weight is 300 g/mol. The van der Waals surface area contributed by atoms with E-state index < -0.39 is 0 Å². The van der Waals surface area contributed by atoms with Crippen LogP contribution in [-0.2, 0) is 0 Å². The standard InChI is InChI=1S/C17H37N3O/c1-6-17(14-21,18-15(2)3)9-7-10-19(4)12-16-8-11-20(5)13-16/h15-16,18,21H,6-14H2,1-5H3. The molecule has 4 heteroatoms. The summed E-state index contributed by atoms with van der Waals surface area (Å²) < 4.78 is 0. The zero-order valence-corrected chi connectivity index (χ0v) is 14.9. The molecule has 2 unspecified atom stereocenters. The van der Waals surface area contributed by atoms with Crippen LogP contribution in [0.15, 0.2) is 0 Å². The summed E-state index contributed by atoms with van der Waals surface area (Å²) in [5, 5.41) is 13.3. The zero-order valence-electron chi connectivity index (χ0n) is 14.9. The number of aliphatic hydroxyl groups excluding tert-OH is 1. The molecule has 0 bridgehead atoms. The Kier molecular flexibility index (Phi) is 8.17. The van der Waals surface area contributed by atoms with Gasteiger partial charge in [-0.1, -0.05) is 20.8 Å². The summed E-state index contributed by atoms with van der Waals surface area (Å²) >= 11 is 0. The highest BCUT2D eigenvalue weighted by Gasteiger charge is 2.27. The largest absolute Gasteiger partial charge is 0.394 e. The molecule has 1 aliphatic rings. The van der Waals surface area contributed by atoms with Gasteiger partial charge in [-0.05, 0) is 58.8 Å². The van der Waals surface area contributed by atoms with E-state index in [4.69, 9.17) is 0 Å². The van der Waals surface area contributed by atoms with Gasteiger partial charge in [0, 0.05) is 24.7 Å². The van der Waals surface area contributed by atoms with Crippen molar-refractivity contribution in [1.82, 2.24) is 15.1 Å². The van der Waals surface area contributed by atoms with E-state index in [0.717, 1.165) is 31.7 Å². The Morgan fingerprint density at radius 1 is 1.43 bits per heavy atom. The van der Waals surface area contributed by atoms with E-state index in [0.29, 0.717) is 6.04 Å². The van der Waals surface area contributed by atoms with E-state index in [1.807, 2.05) is 0 Å². The average Bonchev–Trinajstić information content (AvgIpc) is 2.82. The monoisotopic (exact) mass is 299 g/mol. The van der Waals surface area contributed by atoms with E-state index in [1.165, 1.54) is 26.1 Å². The predicted molar refractivity (Wildman–Crippen MR) is 90.7 cm³/mol. The fourth-order valence-corrected chi connectivity index (χ4v) is 3.59.